The van der Waals surface area contributed by atoms with E-state index in [0.29, 0.717) is 22.3 Å². The molecule has 0 aliphatic carbocycles. The Hall–Kier alpha value is -3.39. The van der Waals surface area contributed by atoms with Gasteiger partial charge in [-0.3, -0.25) is 4.79 Å². The maximum Gasteiger partial charge on any atom is 0.200 e. The molecule has 0 amide bonds. The van der Waals surface area contributed by atoms with Crippen molar-refractivity contribution in [2.75, 3.05) is 0 Å². The molecule has 1 heterocycles. The Balaban J connectivity index is 1.96. The second-order valence-corrected chi connectivity index (χ2v) is 5.78. The van der Waals surface area contributed by atoms with Crippen molar-refractivity contribution in [1.82, 2.24) is 0 Å². The van der Waals surface area contributed by atoms with Crippen molar-refractivity contribution < 1.29 is 4.42 Å². The van der Waals surface area contributed by atoms with E-state index in [2.05, 4.69) is 0 Å². The smallest absolute Gasteiger partial charge is 0.200 e. The van der Waals surface area contributed by atoms with Gasteiger partial charge in [0.2, 0.25) is 5.43 Å². The molecule has 0 spiro atoms. The lowest BCUT2D eigenvalue weighted by Crippen LogP contribution is -2.07. The second-order valence-electron chi connectivity index (χ2n) is 5.78. The van der Waals surface area contributed by atoms with Crippen LogP contribution in [0, 0.1) is 0 Å². The molecule has 0 aliphatic heterocycles. The van der Waals surface area contributed by atoms with Gasteiger partial charge in [0.05, 0.1) is 10.9 Å². The van der Waals surface area contributed by atoms with Crippen LogP contribution in [-0.2, 0) is 0 Å². The molecule has 120 valence electrons. The van der Waals surface area contributed by atoms with Crippen molar-refractivity contribution in [3.63, 3.8) is 0 Å². The summed E-state index contributed by atoms with van der Waals surface area (Å²) in [7, 11) is 0. The number of para-hydroxylation sites is 1. The van der Waals surface area contributed by atoms with Crippen LogP contribution in [0.3, 0.4) is 0 Å². The summed E-state index contributed by atoms with van der Waals surface area (Å²) in [4.78, 5) is 13.0. The quantitative estimate of drug-likeness (QED) is 0.489. The molecule has 4 aromatic rings. The van der Waals surface area contributed by atoms with Crippen molar-refractivity contribution in [3.05, 3.63) is 106 Å². The van der Waals surface area contributed by atoms with Gasteiger partial charge in [-0.25, -0.2) is 0 Å². The van der Waals surface area contributed by atoms with Gasteiger partial charge in [-0.2, -0.15) is 0 Å². The second kappa shape index (κ2) is 6.62. The predicted molar refractivity (Wildman–Crippen MR) is 103 cm³/mol. The fourth-order valence-electron chi connectivity index (χ4n) is 2.86. The first-order chi connectivity index (χ1) is 12.3. The maximum absolute atomic E-state index is 13.0. The third kappa shape index (κ3) is 3.02. The Morgan fingerprint density at radius 2 is 1.32 bits per heavy atom. The molecule has 1 aromatic heterocycles. The summed E-state index contributed by atoms with van der Waals surface area (Å²) in [6.07, 6.45) is 3.78. The molecule has 0 fully saturated rings. The van der Waals surface area contributed by atoms with Crippen molar-refractivity contribution in [1.29, 1.82) is 0 Å². The van der Waals surface area contributed by atoms with Crippen molar-refractivity contribution in [2.45, 2.75) is 0 Å². The number of rotatable bonds is 3. The van der Waals surface area contributed by atoms with Gasteiger partial charge in [-0.05, 0) is 23.8 Å². The SMILES string of the molecule is O=c1c(/C=C/c2ccccc2)c(-c2ccccc2)oc2ccccc12. The highest BCUT2D eigenvalue weighted by molar-refractivity contribution is 5.86. The molecule has 0 radical (unpaired) electrons. The van der Waals surface area contributed by atoms with Crippen LogP contribution in [0.5, 0.6) is 0 Å². The summed E-state index contributed by atoms with van der Waals surface area (Å²) in [6, 6.07) is 27.0. The lowest BCUT2D eigenvalue weighted by Gasteiger charge is -2.07. The summed E-state index contributed by atoms with van der Waals surface area (Å²) < 4.78 is 6.10. The van der Waals surface area contributed by atoms with E-state index < -0.39 is 0 Å². The molecular weight excluding hydrogens is 308 g/mol. The van der Waals surface area contributed by atoms with Crippen molar-refractivity contribution >= 4 is 23.1 Å². The Kier molecular flexibility index (Phi) is 4.01. The lowest BCUT2D eigenvalue weighted by molar-refractivity contribution is 0.617. The van der Waals surface area contributed by atoms with E-state index in [0.717, 1.165) is 11.1 Å². The van der Waals surface area contributed by atoms with Gasteiger partial charge < -0.3 is 4.42 Å². The number of benzene rings is 3. The van der Waals surface area contributed by atoms with E-state index in [1.807, 2.05) is 91.0 Å². The summed E-state index contributed by atoms with van der Waals surface area (Å²) in [5.74, 6) is 0.594. The number of hydrogen-bond acceptors (Lipinski definition) is 2. The highest BCUT2D eigenvalue weighted by atomic mass is 16.3. The normalized spacial score (nSPS) is 11.2. The fourth-order valence-corrected chi connectivity index (χ4v) is 2.86. The molecule has 2 nitrogen and oxygen atoms in total. The van der Waals surface area contributed by atoms with Crippen LogP contribution in [0.15, 0.2) is 94.1 Å². The topological polar surface area (TPSA) is 30.2 Å². The highest BCUT2D eigenvalue weighted by Crippen LogP contribution is 2.27. The third-order valence-corrected chi connectivity index (χ3v) is 4.11. The molecule has 0 aliphatic rings. The van der Waals surface area contributed by atoms with Crippen molar-refractivity contribution in [3.8, 4) is 11.3 Å². The minimum absolute atomic E-state index is 0.0205. The minimum atomic E-state index is -0.0205. The summed E-state index contributed by atoms with van der Waals surface area (Å²) >= 11 is 0. The van der Waals surface area contributed by atoms with Gasteiger partial charge >= 0.3 is 0 Å². The molecule has 25 heavy (non-hydrogen) atoms. The Morgan fingerprint density at radius 3 is 2.08 bits per heavy atom. The van der Waals surface area contributed by atoms with Crippen LogP contribution in [0.2, 0.25) is 0 Å². The average Bonchev–Trinajstić information content (AvgIpc) is 2.69. The molecule has 0 unspecified atom stereocenters. The van der Waals surface area contributed by atoms with Gasteiger partial charge in [0.25, 0.3) is 0 Å². The number of fused-ring (bicyclic) bond motifs is 1. The van der Waals surface area contributed by atoms with E-state index in [9.17, 15) is 4.79 Å². The average molecular weight is 324 g/mol. The van der Waals surface area contributed by atoms with E-state index in [-0.39, 0.29) is 5.43 Å². The first kappa shape index (κ1) is 15.2. The zero-order valence-electron chi connectivity index (χ0n) is 13.6. The first-order valence-corrected chi connectivity index (χ1v) is 8.17. The Bertz CT molecular complexity index is 1090. The van der Waals surface area contributed by atoms with E-state index in [1.54, 1.807) is 6.07 Å². The van der Waals surface area contributed by atoms with Gasteiger partial charge in [-0.15, -0.1) is 0 Å². The maximum atomic E-state index is 13.0. The van der Waals surface area contributed by atoms with Crippen molar-refractivity contribution in [2.24, 2.45) is 0 Å². The van der Waals surface area contributed by atoms with Crippen LogP contribution in [-0.4, -0.2) is 0 Å². The van der Waals surface area contributed by atoms with Crippen LogP contribution in [0.4, 0.5) is 0 Å². The van der Waals surface area contributed by atoms with Crippen LogP contribution in [0.1, 0.15) is 11.1 Å². The molecule has 2 heteroatoms. The third-order valence-electron chi connectivity index (χ3n) is 4.11. The van der Waals surface area contributed by atoms with E-state index >= 15 is 0 Å². The lowest BCUT2D eigenvalue weighted by atomic mass is 10.0. The Labute approximate surface area is 145 Å². The first-order valence-electron chi connectivity index (χ1n) is 8.17. The predicted octanol–water partition coefficient (Wildman–Crippen LogP) is 5.63. The molecule has 0 saturated carbocycles. The zero-order valence-corrected chi connectivity index (χ0v) is 13.6. The summed E-state index contributed by atoms with van der Waals surface area (Å²) in [5, 5.41) is 0.592. The van der Waals surface area contributed by atoms with Gasteiger partial charge in [0.1, 0.15) is 11.3 Å². The van der Waals surface area contributed by atoms with Crippen LogP contribution >= 0.6 is 0 Å². The molecule has 4 rings (SSSR count). The number of hydrogen-bond donors (Lipinski definition) is 0. The van der Waals surface area contributed by atoms with Crippen LogP contribution < -0.4 is 5.43 Å². The monoisotopic (exact) mass is 324 g/mol. The summed E-state index contributed by atoms with van der Waals surface area (Å²) in [6.45, 7) is 0. The highest BCUT2D eigenvalue weighted by Gasteiger charge is 2.13. The molecule has 0 saturated heterocycles. The van der Waals surface area contributed by atoms with Gasteiger partial charge in [0, 0.05) is 5.56 Å². The zero-order chi connectivity index (χ0) is 17.1. The van der Waals surface area contributed by atoms with Crippen LogP contribution in [0.25, 0.3) is 34.4 Å². The summed E-state index contributed by atoms with van der Waals surface area (Å²) in [5.41, 5.74) is 3.07. The molecule has 3 aromatic carbocycles. The van der Waals surface area contributed by atoms with Gasteiger partial charge in [-0.1, -0.05) is 78.9 Å². The fraction of sp³-hybridized carbons (Fsp3) is 0. The molecular formula is C23H16O2. The largest absolute Gasteiger partial charge is 0.455 e. The van der Waals surface area contributed by atoms with E-state index in [1.165, 1.54) is 0 Å². The van der Waals surface area contributed by atoms with Gasteiger partial charge in [0.15, 0.2) is 0 Å². The standard InChI is InChI=1S/C23H16O2/c24-22-19-13-7-8-14-21(19)25-23(18-11-5-2-6-12-18)20(22)16-15-17-9-3-1-4-10-17/h1-16H/b16-15+. The molecule has 0 bridgehead atoms. The minimum Gasteiger partial charge on any atom is -0.455 e. The molecule has 0 atom stereocenters. The Morgan fingerprint density at radius 1 is 0.680 bits per heavy atom. The van der Waals surface area contributed by atoms with E-state index in [4.69, 9.17) is 4.42 Å². The molecule has 0 N–H and O–H groups in total.